The Morgan fingerprint density at radius 2 is 2.56 bits per heavy atom. The van der Waals surface area contributed by atoms with Gasteiger partial charge in [-0.1, -0.05) is 13.3 Å². The molecule has 2 unspecified atom stereocenters. The third kappa shape index (κ3) is 1.45. The van der Waals surface area contributed by atoms with Crippen molar-refractivity contribution in [3.05, 3.63) is 13.3 Å². The normalized spacial score (nSPS) is 34.2. The fourth-order valence-corrected chi connectivity index (χ4v) is 1.25. The van der Waals surface area contributed by atoms with Gasteiger partial charge in [0.1, 0.15) is 0 Å². The number of nitriles is 1. The summed E-state index contributed by atoms with van der Waals surface area (Å²) in [7, 11) is 0. The first kappa shape index (κ1) is 6.61. The van der Waals surface area contributed by atoms with E-state index in [2.05, 4.69) is 19.4 Å². The summed E-state index contributed by atoms with van der Waals surface area (Å²) in [5.41, 5.74) is 0. The van der Waals surface area contributed by atoms with Crippen molar-refractivity contribution in [1.82, 2.24) is 0 Å². The molecule has 1 nitrogen and oxygen atoms in total. The molecule has 0 amide bonds. The van der Waals surface area contributed by atoms with E-state index in [-0.39, 0.29) is 5.92 Å². The summed E-state index contributed by atoms with van der Waals surface area (Å²) in [6.45, 7) is 3.81. The maximum atomic E-state index is 8.48. The van der Waals surface area contributed by atoms with Crippen LogP contribution in [0.2, 0.25) is 0 Å². The number of hydrogen-bond donors (Lipinski definition) is 0. The lowest BCUT2D eigenvalue weighted by molar-refractivity contribution is 0.541. The third-order valence-corrected chi connectivity index (χ3v) is 1.92. The number of rotatable bonds is 1. The third-order valence-electron chi connectivity index (χ3n) is 1.92. The van der Waals surface area contributed by atoms with Crippen LogP contribution in [0.3, 0.4) is 0 Å². The van der Waals surface area contributed by atoms with Crippen LogP contribution in [0.5, 0.6) is 0 Å². The van der Waals surface area contributed by atoms with Gasteiger partial charge in [-0.2, -0.15) is 5.26 Å². The van der Waals surface area contributed by atoms with Crippen molar-refractivity contribution in [2.45, 2.75) is 19.3 Å². The van der Waals surface area contributed by atoms with Crippen molar-refractivity contribution >= 4 is 0 Å². The summed E-state index contributed by atoms with van der Waals surface area (Å²) in [5.74, 6) is 0.909. The highest BCUT2D eigenvalue weighted by Crippen LogP contribution is 2.30. The van der Waals surface area contributed by atoms with Crippen LogP contribution >= 0.6 is 0 Å². The lowest BCUT2D eigenvalue weighted by Gasteiger charge is -2.00. The molecule has 0 aromatic carbocycles. The highest BCUT2D eigenvalue weighted by molar-refractivity contribution is 5.00. The second-order valence-corrected chi connectivity index (χ2v) is 2.60. The minimum atomic E-state index is 0.219. The largest absolute Gasteiger partial charge is 0.198 e. The van der Waals surface area contributed by atoms with E-state index < -0.39 is 0 Å². The van der Waals surface area contributed by atoms with E-state index >= 15 is 0 Å². The monoisotopic (exact) mass is 121 g/mol. The second-order valence-electron chi connectivity index (χ2n) is 2.60. The van der Waals surface area contributed by atoms with Crippen LogP contribution in [0.1, 0.15) is 19.3 Å². The minimum absolute atomic E-state index is 0.219. The number of hydrogen-bond acceptors (Lipinski definition) is 1. The molecule has 1 saturated carbocycles. The zero-order chi connectivity index (χ0) is 6.69. The molecule has 1 aliphatic carbocycles. The quantitative estimate of drug-likeness (QED) is 0.520. The Balaban J connectivity index is 2.31. The van der Waals surface area contributed by atoms with Crippen LogP contribution < -0.4 is 0 Å². The Bertz CT molecular complexity index is 123. The molecule has 1 heteroatoms. The highest BCUT2D eigenvalue weighted by atomic mass is 14.3. The minimum Gasteiger partial charge on any atom is -0.198 e. The lowest BCUT2D eigenvalue weighted by atomic mass is 10.0. The zero-order valence-electron chi connectivity index (χ0n) is 5.51. The van der Waals surface area contributed by atoms with Gasteiger partial charge in [-0.15, -0.1) is 0 Å². The Labute approximate surface area is 56.7 Å². The first-order valence-electron chi connectivity index (χ1n) is 3.39. The summed E-state index contributed by atoms with van der Waals surface area (Å²) >= 11 is 0. The Morgan fingerprint density at radius 1 is 1.78 bits per heavy atom. The van der Waals surface area contributed by atoms with Gasteiger partial charge < -0.3 is 0 Å². The molecule has 2 radical (unpaired) electrons. The molecule has 2 atom stereocenters. The predicted molar refractivity (Wildman–Crippen MR) is 36.1 cm³/mol. The van der Waals surface area contributed by atoms with E-state index in [0.717, 1.165) is 19.3 Å². The fraction of sp³-hybridized carbons (Fsp3) is 0.625. The van der Waals surface area contributed by atoms with Crippen molar-refractivity contribution in [2.75, 3.05) is 0 Å². The van der Waals surface area contributed by atoms with Crippen molar-refractivity contribution < 1.29 is 0 Å². The molecular formula is C8H11N. The summed E-state index contributed by atoms with van der Waals surface area (Å²) in [6.07, 6.45) is 5.23. The van der Waals surface area contributed by atoms with Crippen molar-refractivity contribution in [3.63, 3.8) is 0 Å². The van der Waals surface area contributed by atoms with Crippen molar-refractivity contribution in [1.29, 1.82) is 5.26 Å². The van der Waals surface area contributed by atoms with Gasteiger partial charge in [-0.25, -0.2) is 0 Å². The van der Waals surface area contributed by atoms with Gasteiger partial charge in [0.05, 0.1) is 6.07 Å². The molecule has 0 N–H and O–H groups in total. The second kappa shape index (κ2) is 2.87. The zero-order valence-corrected chi connectivity index (χ0v) is 5.51. The maximum Gasteiger partial charge on any atom is 0.0658 e. The van der Waals surface area contributed by atoms with E-state index in [4.69, 9.17) is 5.26 Å². The predicted octanol–water partition coefficient (Wildman–Crippen LogP) is 1.96. The molecule has 1 rings (SSSR count). The molecule has 0 bridgehead atoms. The van der Waals surface area contributed by atoms with E-state index in [1.165, 1.54) is 0 Å². The van der Waals surface area contributed by atoms with Crippen LogP contribution in [-0.4, -0.2) is 0 Å². The van der Waals surface area contributed by atoms with Gasteiger partial charge in [-0.3, -0.25) is 0 Å². The SMILES string of the molecule is [CH2]CC1C[CH]C(C#N)C1. The molecule has 0 saturated heterocycles. The van der Waals surface area contributed by atoms with Gasteiger partial charge in [0.2, 0.25) is 0 Å². The molecule has 0 heterocycles. The molecule has 0 aromatic heterocycles. The molecule has 1 aliphatic rings. The average molecular weight is 121 g/mol. The Morgan fingerprint density at radius 3 is 2.89 bits per heavy atom. The summed E-state index contributed by atoms with van der Waals surface area (Å²) in [6, 6.07) is 2.24. The topological polar surface area (TPSA) is 23.8 Å². The van der Waals surface area contributed by atoms with Gasteiger partial charge in [0.15, 0.2) is 0 Å². The van der Waals surface area contributed by atoms with E-state index in [1.54, 1.807) is 0 Å². The molecule has 1 fully saturated rings. The summed E-state index contributed by atoms with van der Waals surface area (Å²) in [4.78, 5) is 0. The Hall–Kier alpha value is -0.510. The summed E-state index contributed by atoms with van der Waals surface area (Å²) in [5, 5.41) is 8.48. The first-order valence-corrected chi connectivity index (χ1v) is 3.39. The number of nitrogens with zero attached hydrogens (tertiary/aromatic N) is 1. The maximum absolute atomic E-state index is 8.48. The van der Waals surface area contributed by atoms with Crippen LogP contribution in [0.25, 0.3) is 0 Å². The summed E-state index contributed by atoms with van der Waals surface area (Å²) < 4.78 is 0. The van der Waals surface area contributed by atoms with E-state index in [0.29, 0.717) is 5.92 Å². The van der Waals surface area contributed by atoms with Crippen molar-refractivity contribution in [2.24, 2.45) is 11.8 Å². The fourth-order valence-electron chi connectivity index (χ4n) is 1.25. The van der Waals surface area contributed by atoms with Gasteiger partial charge >= 0.3 is 0 Å². The van der Waals surface area contributed by atoms with Crippen LogP contribution in [0.4, 0.5) is 0 Å². The van der Waals surface area contributed by atoms with Crippen molar-refractivity contribution in [3.8, 4) is 6.07 Å². The van der Waals surface area contributed by atoms with Gasteiger partial charge in [0.25, 0.3) is 0 Å². The molecule has 0 aliphatic heterocycles. The highest BCUT2D eigenvalue weighted by Gasteiger charge is 2.22. The van der Waals surface area contributed by atoms with E-state index in [1.807, 2.05) is 0 Å². The molecular weight excluding hydrogens is 110 g/mol. The van der Waals surface area contributed by atoms with E-state index in [9.17, 15) is 0 Å². The van der Waals surface area contributed by atoms with Crippen LogP contribution in [-0.2, 0) is 0 Å². The standard InChI is InChI=1S/C8H11N/c1-2-7-3-4-8(5-7)6-9/h4,7-8H,1-3,5H2. The molecule has 0 aromatic rings. The first-order chi connectivity index (χ1) is 4.36. The Kier molecular flexibility index (Phi) is 2.10. The molecule has 48 valence electrons. The van der Waals surface area contributed by atoms with Gasteiger partial charge in [0, 0.05) is 5.92 Å². The molecule has 9 heavy (non-hydrogen) atoms. The van der Waals surface area contributed by atoms with Crippen LogP contribution in [0, 0.1) is 36.5 Å². The van der Waals surface area contributed by atoms with Crippen LogP contribution in [0.15, 0.2) is 0 Å². The lowest BCUT2D eigenvalue weighted by Crippen LogP contribution is -1.91. The average Bonchev–Trinajstić information content (AvgIpc) is 2.34. The van der Waals surface area contributed by atoms with Gasteiger partial charge in [-0.05, 0) is 25.2 Å². The molecule has 0 spiro atoms. The smallest absolute Gasteiger partial charge is 0.0658 e.